The van der Waals surface area contributed by atoms with Crippen LogP contribution >= 0.6 is 0 Å². The van der Waals surface area contributed by atoms with Gasteiger partial charge in [-0.2, -0.15) is 0 Å². The van der Waals surface area contributed by atoms with E-state index >= 15 is 0 Å². The first-order valence-corrected chi connectivity index (χ1v) is 10.9. The Kier molecular flexibility index (Phi) is 11.0. The first kappa shape index (κ1) is 25.5. The van der Waals surface area contributed by atoms with E-state index < -0.39 is 0 Å². The molecule has 0 saturated carbocycles. The Morgan fingerprint density at radius 1 is 0.633 bits per heavy atom. The van der Waals surface area contributed by atoms with Gasteiger partial charge in [-0.05, 0) is 84.5 Å². The minimum atomic E-state index is 0.587. The molecule has 3 heterocycles. The number of hydrogen-bond acceptors (Lipinski definition) is 3. The maximum atomic E-state index is 4.26. The third-order valence-corrected chi connectivity index (χ3v) is 5.04. The number of rotatable bonds is 3. The van der Waals surface area contributed by atoms with Crippen LogP contribution in [-0.2, 0) is 0 Å². The Balaban J connectivity index is 0.000000226. The lowest BCUT2D eigenvalue weighted by molar-refractivity contribution is 0.832. The third-order valence-electron chi connectivity index (χ3n) is 5.04. The van der Waals surface area contributed by atoms with E-state index in [9.17, 15) is 0 Å². The second kappa shape index (κ2) is 12.9. The second-order valence-corrected chi connectivity index (χ2v) is 8.61. The zero-order chi connectivity index (χ0) is 22.7. The molecule has 0 aliphatic rings. The van der Waals surface area contributed by atoms with Gasteiger partial charge in [0.1, 0.15) is 0 Å². The zero-order valence-electron chi connectivity index (χ0n) is 20.3. The van der Waals surface area contributed by atoms with Gasteiger partial charge in [0.25, 0.3) is 0 Å². The minimum Gasteiger partial charge on any atom is -0.264 e. The molecule has 0 saturated heterocycles. The predicted octanol–water partition coefficient (Wildman–Crippen LogP) is 7.54. The summed E-state index contributed by atoms with van der Waals surface area (Å²) in [4.78, 5) is 12.3. The third kappa shape index (κ3) is 8.44. The molecule has 3 aromatic heterocycles. The lowest BCUT2D eigenvalue weighted by atomic mass is 9.97. The number of aryl methyl sites for hydroxylation is 3. The molecule has 0 unspecified atom stereocenters. The molecule has 0 aliphatic carbocycles. The van der Waals surface area contributed by atoms with E-state index in [1.165, 1.54) is 33.5 Å². The van der Waals surface area contributed by atoms with E-state index in [1.54, 1.807) is 6.20 Å². The highest BCUT2D eigenvalue weighted by Crippen LogP contribution is 2.20. The SMILES string of the molecule is CC(C)c1cccnc1.Cc1ccnc(C)c1C(C)C.Cc1ccncc1C(C)C. The molecular weight excluding hydrogens is 366 g/mol. The van der Waals surface area contributed by atoms with E-state index in [0.29, 0.717) is 17.8 Å². The normalized spacial score (nSPS) is 10.4. The summed E-state index contributed by atoms with van der Waals surface area (Å²) >= 11 is 0. The largest absolute Gasteiger partial charge is 0.264 e. The molecule has 0 N–H and O–H groups in total. The van der Waals surface area contributed by atoms with Gasteiger partial charge in [-0.15, -0.1) is 0 Å². The van der Waals surface area contributed by atoms with Crippen LogP contribution in [0.3, 0.4) is 0 Å². The predicted molar refractivity (Wildman–Crippen MR) is 129 cm³/mol. The van der Waals surface area contributed by atoms with Crippen LogP contribution in [0.4, 0.5) is 0 Å². The summed E-state index contributed by atoms with van der Waals surface area (Å²) in [6.07, 6.45) is 9.36. The second-order valence-electron chi connectivity index (χ2n) is 8.61. The van der Waals surface area contributed by atoms with Crippen molar-refractivity contribution in [3.63, 3.8) is 0 Å². The van der Waals surface area contributed by atoms with E-state index in [-0.39, 0.29) is 0 Å². The van der Waals surface area contributed by atoms with Crippen molar-refractivity contribution >= 4 is 0 Å². The van der Waals surface area contributed by atoms with Crippen molar-refractivity contribution < 1.29 is 0 Å². The fraction of sp³-hybridized carbons (Fsp3) is 0.444. The fourth-order valence-corrected chi connectivity index (χ4v) is 3.38. The molecular formula is C27H39N3. The molecule has 3 heteroatoms. The number of pyridine rings is 3. The molecule has 3 aromatic rings. The van der Waals surface area contributed by atoms with Crippen molar-refractivity contribution in [3.05, 3.63) is 88.8 Å². The monoisotopic (exact) mass is 405 g/mol. The van der Waals surface area contributed by atoms with Crippen LogP contribution in [0.15, 0.2) is 55.2 Å². The number of aromatic nitrogens is 3. The molecule has 3 rings (SSSR count). The van der Waals surface area contributed by atoms with Crippen molar-refractivity contribution in [1.29, 1.82) is 0 Å². The highest BCUT2D eigenvalue weighted by atomic mass is 14.7. The molecule has 0 aliphatic heterocycles. The summed E-state index contributed by atoms with van der Waals surface area (Å²) in [6.45, 7) is 19.4. The first-order valence-electron chi connectivity index (χ1n) is 10.9. The molecule has 0 fully saturated rings. The molecule has 30 heavy (non-hydrogen) atoms. The zero-order valence-corrected chi connectivity index (χ0v) is 20.3. The standard InChI is InChI=1S/C10H15N.C9H13N.C8H11N/c1-7(2)10-8(3)5-6-11-9(10)4;1-7(2)9-6-10-5-4-8(9)3;1-7(2)8-4-3-5-9-6-8/h5-7H,1-4H3;4-7H,1-3H3;3-7H,1-2H3. The van der Waals surface area contributed by atoms with Gasteiger partial charge in [0.05, 0.1) is 0 Å². The summed E-state index contributed by atoms with van der Waals surface area (Å²) in [7, 11) is 0. The Hall–Kier alpha value is -2.55. The van der Waals surface area contributed by atoms with E-state index in [0.717, 1.165) is 0 Å². The van der Waals surface area contributed by atoms with Gasteiger partial charge >= 0.3 is 0 Å². The molecule has 0 spiro atoms. The Bertz CT molecular complexity index is 848. The van der Waals surface area contributed by atoms with Gasteiger partial charge in [0.2, 0.25) is 0 Å². The Morgan fingerprint density at radius 2 is 1.27 bits per heavy atom. The highest BCUT2D eigenvalue weighted by molar-refractivity contribution is 5.30. The highest BCUT2D eigenvalue weighted by Gasteiger charge is 2.06. The van der Waals surface area contributed by atoms with Gasteiger partial charge in [-0.1, -0.05) is 47.6 Å². The van der Waals surface area contributed by atoms with Crippen molar-refractivity contribution in [3.8, 4) is 0 Å². The topological polar surface area (TPSA) is 38.7 Å². The molecule has 0 aromatic carbocycles. The molecule has 3 nitrogen and oxygen atoms in total. The van der Waals surface area contributed by atoms with Crippen molar-refractivity contribution in [2.24, 2.45) is 0 Å². The Morgan fingerprint density at radius 3 is 1.63 bits per heavy atom. The quantitative estimate of drug-likeness (QED) is 0.452. The van der Waals surface area contributed by atoms with E-state index in [1.807, 2.05) is 30.9 Å². The van der Waals surface area contributed by atoms with Crippen molar-refractivity contribution in [2.75, 3.05) is 0 Å². The maximum Gasteiger partial charge on any atom is 0.0409 e. The minimum absolute atomic E-state index is 0.587. The van der Waals surface area contributed by atoms with E-state index in [2.05, 4.69) is 95.5 Å². The van der Waals surface area contributed by atoms with Gasteiger partial charge in [0.15, 0.2) is 0 Å². The van der Waals surface area contributed by atoms with Crippen LogP contribution in [-0.4, -0.2) is 15.0 Å². The number of hydrogen-bond donors (Lipinski definition) is 0. The van der Waals surface area contributed by atoms with Crippen LogP contribution in [0.5, 0.6) is 0 Å². The van der Waals surface area contributed by atoms with Crippen LogP contribution < -0.4 is 0 Å². The van der Waals surface area contributed by atoms with Crippen LogP contribution in [0.2, 0.25) is 0 Å². The Labute approximate surface area is 184 Å². The average molecular weight is 406 g/mol. The van der Waals surface area contributed by atoms with Crippen LogP contribution in [0.25, 0.3) is 0 Å². The molecule has 0 amide bonds. The first-order chi connectivity index (χ1) is 14.1. The maximum absolute atomic E-state index is 4.26. The summed E-state index contributed by atoms with van der Waals surface area (Å²) in [6, 6.07) is 8.19. The smallest absolute Gasteiger partial charge is 0.0409 e. The van der Waals surface area contributed by atoms with Gasteiger partial charge in [-0.3, -0.25) is 15.0 Å². The van der Waals surface area contributed by atoms with Crippen LogP contribution in [0.1, 0.15) is 92.8 Å². The summed E-state index contributed by atoms with van der Waals surface area (Å²) < 4.78 is 0. The summed E-state index contributed by atoms with van der Waals surface area (Å²) in [5, 5.41) is 0. The molecule has 0 atom stereocenters. The molecule has 0 radical (unpaired) electrons. The van der Waals surface area contributed by atoms with Crippen molar-refractivity contribution in [2.45, 2.75) is 80.1 Å². The number of nitrogens with zero attached hydrogens (tertiary/aromatic N) is 3. The van der Waals surface area contributed by atoms with Gasteiger partial charge in [0, 0.05) is 36.7 Å². The lowest BCUT2D eigenvalue weighted by Gasteiger charge is -2.11. The lowest BCUT2D eigenvalue weighted by Crippen LogP contribution is -1.97. The summed E-state index contributed by atoms with van der Waals surface area (Å²) in [5.74, 6) is 1.77. The van der Waals surface area contributed by atoms with Crippen LogP contribution in [0, 0.1) is 20.8 Å². The van der Waals surface area contributed by atoms with E-state index in [4.69, 9.17) is 0 Å². The molecule has 0 bridgehead atoms. The van der Waals surface area contributed by atoms with Gasteiger partial charge < -0.3 is 0 Å². The average Bonchev–Trinajstić information content (AvgIpc) is 2.69. The van der Waals surface area contributed by atoms with Gasteiger partial charge in [-0.25, -0.2) is 0 Å². The fourth-order valence-electron chi connectivity index (χ4n) is 3.38. The molecule has 162 valence electrons. The summed E-state index contributed by atoms with van der Waals surface area (Å²) in [5.41, 5.74) is 7.91. The van der Waals surface area contributed by atoms with Crippen molar-refractivity contribution in [1.82, 2.24) is 15.0 Å².